The number of halogens is 1. The number of carbonyl (C=O) groups is 1. The minimum Gasteiger partial charge on any atom is -0.325 e. The lowest BCUT2D eigenvalue weighted by molar-refractivity contribution is -0.113. The number of nitrogens with zero attached hydrogens (tertiary/aromatic N) is 6. The summed E-state index contributed by atoms with van der Waals surface area (Å²) in [6, 6.07) is 5.64. The standard InChI is InChI=1S/C17H14FN7O2S2/c1-10-21-22-23-25(10)14-6-11(2-3-13(14)18)19-15(26)9-28-8-12-7-16(27)24-4-5-29-17(24)20-12/h2-7H,8-9H2,1H3,(H,19,26). The lowest BCUT2D eigenvalue weighted by Crippen LogP contribution is -2.16. The molecule has 0 radical (unpaired) electrons. The van der Waals surface area contributed by atoms with E-state index in [0.29, 0.717) is 27.9 Å². The van der Waals surface area contributed by atoms with Crippen LogP contribution in [0.25, 0.3) is 10.6 Å². The second-order valence-electron chi connectivity index (χ2n) is 5.99. The van der Waals surface area contributed by atoms with Crippen molar-refractivity contribution in [1.29, 1.82) is 0 Å². The van der Waals surface area contributed by atoms with E-state index < -0.39 is 5.82 Å². The zero-order valence-corrected chi connectivity index (χ0v) is 16.7. The molecule has 0 unspecified atom stereocenters. The lowest BCUT2D eigenvalue weighted by atomic mass is 10.2. The zero-order chi connectivity index (χ0) is 20.4. The van der Waals surface area contributed by atoms with E-state index in [4.69, 9.17) is 0 Å². The van der Waals surface area contributed by atoms with Crippen LogP contribution in [-0.4, -0.2) is 41.3 Å². The highest BCUT2D eigenvalue weighted by atomic mass is 32.2. The molecule has 0 bridgehead atoms. The van der Waals surface area contributed by atoms with Crippen LogP contribution in [0.4, 0.5) is 10.1 Å². The number of aromatic nitrogens is 6. The van der Waals surface area contributed by atoms with Crippen LogP contribution < -0.4 is 10.9 Å². The summed E-state index contributed by atoms with van der Waals surface area (Å²) in [7, 11) is 0. The predicted octanol–water partition coefficient (Wildman–Crippen LogP) is 2.05. The van der Waals surface area contributed by atoms with E-state index in [1.165, 1.54) is 56.4 Å². The van der Waals surface area contributed by atoms with E-state index in [1.54, 1.807) is 18.5 Å². The zero-order valence-electron chi connectivity index (χ0n) is 15.1. The third-order valence-electron chi connectivity index (χ3n) is 3.92. The van der Waals surface area contributed by atoms with Crippen molar-refractivity contribution in [3.05, 3.63) is 63.5 Å². The molecule has 3 aromatic heterocycles. The molecule has 4 aromatic rings. The predicted molar refractivity (Wildman–Crippen MR) is 108 cm³/mol. The Morgan fingerprint density at radius 2 is 2.21 bits per heavy atom. The number of benzene rings is 1. The molecular weight excluding hydrogens is 417 g/mol. The maximum Gasteiger partial charge on any atom is 0.258 e. The maximum atomic E-state index is 14.1. The Labute approximate surface area is 171 Å². The van der Waals surface area contributed by atoms with Gasteiger partial charge in [-0.2, -0.15) is 4.68 Å². The van der Waals surface area contributed by atoms with Crippen LogP contribution in [0, 0.1) is 12.7 Å². The van der Waals surface area contributed by atoms with E-state index in [-0.39, 0.29) is 22.9 Å². The van der Waals surface area contributed by atoms with Crippen LogP contribution in [0.2, 0.25) is 0 Å². The van der Waals surface area contributed by atoms with Crippen molar-refractivity contribution in [3.8, 4) is 5.69 Å². The number of thiazole rings is 1. The van der Waals surface area contributed by atoms with Gasteiger partial charge in [-0.15, -0.1) is 28.2 Å². The summed E-state index contributed by atoms with van der Waals surface area (Å²) in [5.74, 6) is 0.246. The molecule has 0 atom stereocenters. The molecule has 1 amide bonds. The topological polar surface area (TPSA) is 107 Å². The number of aryl methyl sites for hydroxylation is 1. The molecule has 29 heavy (non-hydrogen) atoms. The summed E-state index contributed by atoms with van der Waals surface area (Å²) in [4.78, 5) is 29.2. The van der Waals surface area contributed by atoms with Crippen LogP contribution in [-0.2, 0) is 10.5 Å². The summed E-state index contributed by atoms with van der Waals surface area (Å²) < 4.78 is 16.8. The van der Waals surface area contributed by atoms with Crippen molar-refractivity contribution in [2.45, 2.75) is 12.7 Å². The molecular formula is C17H14FN7O2S2. The molecule has 9 nitrogen and oxygen atoms in total. The Bertz CT molecular complexity index is 1250. The van der Waals surface area contributed by atoms with Crippen LogP contribution >= 0.6 is 23.1 Å². The molecule has 0 saturated carbocycles. The van der Waals surface area contributed by atoms with Gasteiger partial charge in [0.1, 0.15) is 11.5 Å². The number of thioether (sulfide) groups is 1. The molecule has 148 valence electrons. The third-order valence-corrected chi connectivity index (χ3v) is 5.65. The highest BCUT2D eigenvalue weighted by molar-refractivity contribution is 7.99. The fraction of sp³-hybridized carbons (Fsp3) is 0.176. The van der Waals surface area contributed by atoms with Gasteiger partial charge in [0.15, 0.2) is 10.8 Å². The van der Waals surface area contributed by atoms with E-state index in [1.807, 2.05) is 0 Å². The number of anilines is 1. The Morgan fingerprint density at radius 3 is 3.00 bits per heavy atom. The average molecular weight is 431 g/mol. The molecule has 12 heteroatoms. The normalized spacial score (nSPS) is 11.1. The first-order chi connectivity index (χ1) is 14.0. The fourth-order valence-electron chi connectivity index (χ4n) is 2.61. The summed E-state index contributed by atoms with van der Waals surface area (Å²) >= 11 is 2.71. The number of fused-ring (bicyclic) bond motifs is 1. The van der Waals surface area contributed by atoms with Crippen molar-refractivity contribution < 1.29 is 9.18 Å². The van der Waals surface area contributed by atoms with E-state index in [0.717, 1.165) is 0 Å². The Morgan fingerprint density at radius 1 is 1.34 bits per heavy atom. The number of nitrogens with one attached hydrogen (secondary N) is 1. The molecule has 0 aliphatic heterocycles. The van der Waals surface area contributed by atoms with Crippen LogP contribution in [0.5, 0.6) is 0 Å². The molecule has 4 rings (SSSR count). The van der Waals surface area contributed by atoms with Crippen molar-refractivity contribution in [3.63, 3.8) is 0 Å². The first-order valence-electron chi connectivity index (χ1n) is 8.39. The van der Waals surface area contributed by atoms with E-state index >= 15 is 0 Å². The minimum atomic E-state index is -0.505. The molecule has 3 heterocycles. The summed E-state index contributed by atoms with van der Waals surface area (Å²) in [6.45, 7) is 1.65. The SMILES string of the molecule is Cc1nnnn1-c1cc(NC(=O)CSCc2cc(=O)n3ccsc3n2)ccc1F. The number of hydrogen-bond donors (Lipinski definition) is 1. The van der Waals surface area contributed by atoms with Crippen molar-refractivity contribution in [1.82, 2.24) is 29.6 Å². The van der Waals surface area contributed by atoms with Crippen molar-refractivity contribution in [2.24, 2.45) is 0 Å². The summed E-state index contributed by atoms with van der Waals surface area (Å²) in [6.07, 6.45) is 1.67. The Kier molecular flexibility index (Phi) is 5.36. The minimum absolute atomic E-state index is 0.145. The Hall–Kier alpha value is -3.12. The third kappa shape index (κ3) is 4.17. The largest absolute Gasteiger partial charge is 0.325 e. The van der Waals surface area contributed by atoms with Gasteiger partial charge in [-0.1, -0.05) is 0 Å². The first kappa shape index (κ1) is 19.2. The van der Waals surface area contributed by atoms with Crippen LogP contribution in [0.15, 0.2) is 40.6 Å². The van der Waals surface area contributed by atoms with Crippen LogP contribution in [0.1, 0.15) is 11.5 Å². The Balaban J connectivity index is 1.38. The van der Waals surface area contributed by atoms with E-state index in [2.05, 4.69) is 25.8 Å². The van der Waals surface area contributed by atoms with Crippen molar-refractivity contribution in [2.75, 3.05) is 11.1 Å². The molecule has 1 aromatic carbocycles. The highest BCUT2D eigenvalue weighted by Gasteiger charge is 2.12. The summed E-state index contributed by atoms with van der Waals surface area (Å²) in [5.41, 5.74) is 1.05. The number of carbonyl (C=O) groups excluding carboxylic acids is 1. The molecule has 0 aliphatic carbocycles. The van der Waals surface area contributed by atoms with Gasteiger partial charge < -0.3 is 5.32 Å². The summed E-state index contributed by atoms with van der Waals surface area (Å²) in [5, 5.41) is 15.5. The van der Waals surface area contributed by atoms with Gasteiger partial charge in [-0.25, -0.2) is 9.37 Å². The molecule has 1 N–H and O–H groups in total. The van der Waals surface area contributed by atoms with Gasteiger partial charge in [-0.3, -0.25) is 14.0 Å². The number of amides is 1. The average Bonchev–Trinajstić information content (AvgIpc) is 3.32. The monoisotopic (exact) mass is 431 g/mol. The lowest BCUT2D eigenvalue weighted by Gasteiger charge is -2.09. The van der Waals surface area contributed by atoms with Gasteiger partial charge >= 0.3 is 0 Å². The van der Waals surface area contributed by atoms with Gasteiger partial charge in [0.05, 0.1) is 11.4 Å². The molecule has 0 saturated heterocycles. The first-order valence-corrected chi connectivity index (χ1v) is 10.4. The second kappa shape index (κ2) is 8.09. The van der Waals surface area contributed by atoms with Gasteiger partial charge in [-0.05, 0) is 35.5 Å². The smallest absolute Gasteiger partial charge is 0.258 e. The van der Waals surface area contributed by atoms with Gasteiger partial charge in [0, 0.05) is 29.1 Å². The van der Waals surface area contributed by atoms with Crippen LogP contribution in [0.3, 0.4) is 0 Å². The molecule has 0 spiro atoms. The molecule has 0 fully saturated rings. The molecule has 0 aliphatic rings. The maximum absolute atomic E-state index is 14.1. The second-order valence-corrected chi connectivity index (χ2v) is 7.84. The van der Waals surface area contributed by atoms with Gasteiger partial charge in [0.2, 0.25) is 5.91 Å². The van der Waals surface area contributed by atoms with E-state index in [9.17, 15) is 14.0 Å². The number of hydrogen-bond acceptors (Lipinski definition) is 8. The van der Waals surface area contributed by atoms with Crippen molar-refractivity contribution >= 4 is 39.7 Å². The van der Waals surface area contributed by atoms with Gasteiger partial charge in [0.25, 0.3) is 5.56 Å². The number of tetrazole rings is 1. The quantitative estimate of drug-likeness (QED) is 0.498. The number of rotatable bonds is 6. The fourth-order valence-corrected chi connectivity index (χ4v) is 4.07. The highest BCUT2D eigenvalue weighted by Crippen LogP contribution is 2.19.